The van der Waals surface area contributed by atoms with Gasteiger partial charge < -0.3 is 0 Å². The average Bonchev–Trinajstić information content (AvgIpc) is 1.91. The summed E-state index contributed by atoms with van der Waals surface area (Å²) in [4.78, 5) is 0. The van der Waals surface area contributed by atoms with Gasteiger partial charge in [0.25, 0.3) is 0 Å². The molecule has 0 aromatic carbocycles. The highest BCUT2D eigenvalue weighted by atomic mass is 29.5. The lowest BCUT2D eigenvalue weighted by Gasteiger charge is -2.19. The minimum absolute atomic E-state index is 0.577. The third kappa shape index (κ3) is 2.82. The topological polar surface area (TPSA) is 0 Å². The molecule has 3 heteroatoms. The van der Waals surface area contributed by atoms with E-state index in [1.54, 1.807) is 41.9 Å². The van der Waals surface area contributed by atoms with E-state index in [1.807, 2.05) is 0 Å². The van der Waals surface area contributed by atoms with Crippen LogP contribution in [0, 0.1) is 0 Å². The highest BCUT2D eigenvalue weighted by Crippen LogP contribution is 2.26. The number of hydrogen-bond acceptors (Lipinski definition) is 0. The molecule has 0 bridgehead atoms. The van der Waals surface area contributed by atoms with Gasteiger partial charge in [-0.1, -0.05) is 37.6 Å². The van der Waals surface area contributed by atoms with E-state index in [1.165, 1.54) is 5.54 Å². The van der Waals surface area contributed by atoms with Gasteiger partial charge >= 0.3 is 0 Å². The predicted molar refractivity (Wildman–Crippen MR) is 53.9 cm³/mol. The summed E-state index contributed by atoms with van der Waals surface area (Å²) < 4.78 is 0. The van der Waals surface area contributed by atoms with Gasteiger partial charge in [-0.25, -0.2) is 0 Å². The van der Waals surface area contributed by atoms with Crippen molar-refractivity contribution >= 4 is 27.4 Å². The van der Waals surface area contributed by atoms with Crippen LogP contribution in [0.1, 0.15) is 32.1 Å². The summed E-state index contributed by atoms with van der Waals surface area (Å²) in [6.45, 7) is 0. The first-order chi connectivity index (χ1) is 4.43. The molecular weight excluding hydrogens is 156 g/mol. The van der Waals surface area contributed by atoms with Crippen LogP contribution in [0.4, 0.5) is 0 Å². The molecule has 0 aromatic heterocycles. The summed E-state index contributed by atoms with van der Waals surface area (Å²) in [5.41, 5.74) is 1.34. The Morgan fingerprint density at radius 2 is 1.78 bits per heavy atom. The lowest BCUT2D eigenvalue weighted by molar-refractivity contribution is 0.503. The van der Waals surface area contributed by atoms with E-state index in [0.29, 0.717) is 17.6 Å². The molecule has 1 aliphatic rings. The minimum atomic E-state index is 0.577. The summed E-state index contributed by atoms with van der Waals surface area (Å²) in [5, 5.41) is 0. The zero-order valence-electron chi connectivity index (χ0n) is 6.53. The average molecular weight is 174 g/mol. The van der Waals surface area contributed by atoms with E-state index in [9.17, 15) is 0 Å². The van der Waals surface area contributed by atoms with Crippen LogP contribution in [0.25, 0.3) is 0 Å². The molecule has 1 rings (SSSR count). The van der Waals surface area contributed by atoms with E-state index < -0.39 is 0 Å². The van der Waals surface area contributed by atoms with Crippen molar-refractivity contribution < 1.29 is 0 Å². The molecule has 0 aromatic rings. The van der Waals surface area contributed by atoms with Gasteiger partial charge in [0.1, 0.15) is 0 Å². The van der Waals surface area contributed by atoms with Crippen LogP contribution in [0.2, 0.25) is 5.54 Å². The van der Waals surface area contributed by atoms with Gasteiger partial charge in [-0.2, -0.15) is 0 Å². The van der Waals surface area contributed by atoms with Crippen LogP contribution in [0.3, 0.4) is 0 Å². The van der Waals surface area contributed by atoms with Crippen molar-refractivity contribution in [2.75, 3.05) is 0 Å². The Bertz CT molecular complexity index is 65.9. The summed E-state index contributed by atoms with van der Waals surface area (Å²) >= 11 is 0. The standard InChI is InChI=1S/C6H18Si3/c7-9-8-6-4-2-1-3-5-6/h6H,1-5,8-9H2,7H3. The molecule has 0 amide bonds. The number of rotatable bonds is 2. The van der Waals surface area contributed by atoms with Crippen molar-refractivity contribution in [2.45, 2.75) is 37.6 Å². The van der Waals surface area contributed by atoms with E-state index in [2.05, 4.69) is 0 Å². The molecule has 0 spiro atoms. The molecule has 1 aliphatic carbocycles. The second kappa shape index (κ2) is 4.46. The van der Waals surface area contributed by atoms with Crippen LogP contribution < -0.4 is 0 Å². The molecule has 0 nitrogen and oxygen atoms in total. The second-order valence-corrected chi connectivity index (χ2v) is 19.8. The van der Waals surface area contributed by atoms with Gasteiger partial charge in [0.15, 0.2) is 0 Å². The van der Waals surface area contributed by atoms with Crippen LogP contribution in [0.15, 0.2) is 0 Å². The Balaban J connectivity index is 2.08. The molecule has 1 saturated carbocycles. The second-order valence-electron chi connectivity index (χ2n) is 3.29. The molecule has 0 N–H and O–H groups in total. The van der Waals surface area contributed by atoms with Crippen LogP contribution in [-0.4, -0.2) is 27.4 Å². The molecule has 9 heavy (non-hydrogen) atoms. The summed E-state index contributed by atoms with van der Waals surface area (Å²) in [6, 6.07) is 0. The highest BCUT2D eigenvalue weighted by molar-refractivity contribution is 7.24. The molecule has 54 valence electrons. The molecule has 0 atom stereocenters. The smallest absolute Gasteiger partial charge is 0.00842 e. The zero-order valence-corrected chi connectivity index (χ0v) is 11.4. The maximum absolute atomic E-state index is 1.64. The molecule has 0 saturated heterocycles. The fourth-order valence-electron chi connectivity index (χ4n) is 1.88. The van der Waals surface area contributed by atoms with E-state index in [4.69, 9.17) is 0 Å². The van der Waals surface area contributed by atoms with Gasteiger partial charge in [-0.15, -0.1) is 0 Å². The van der Waals surface area contributed by atoms with Crippen LogP contribution in [0.5, 0.6) is 0 Å². The first-order valence-corrected chi connectivity index (χ1v) is 14.9. The lowest BCUT2D eigenvalue weighted by Crippen LogP contribution is -2.14. The molecule has 0 aliphatic heterocycles. The lowest BCUT2D eigenvalue weighted by atomic mass is 10.0. The van der Waals surface area contributed by atoms with Gasteiger partial charge in [0, 0.05) is 9.04 Å². The Morgan fingerprint density at radius 3 is 2.33 bits per heavy atom. The Labute approximate surface area is 65.5 Å². The zero-order chi connectivity index (χ0) is 6.53. The van der Waals surface area contributed by atoms with Crippen molar-refractivity contribution in [3.8, 4) is 0 Å². The molecular formula is C6H18Si3. The molecule has 0 heterocycles. The van der Waals surface area contributed by atoms with Crippen LogP contribution >= 0.6 is 0 Å². The van der Waals surface area contributed by atoms with E-state index in [-0.39, 0.29) is 0 Å². The van der Waals surface area contributed by atoms with Crippen molar-refractivity contribution in [2.24, 2.45) is 0 Å². The predicted octanol–water partition coefficient (Wildman–Crippen LogP) is -0.728. The first-order valence-electron chi connectivity index (χ1n) is 4.43. The van der Waals surface area contributed by atoms with Crippen molar-refractivity contribution in [1.82, 2.24) is 0 Å². The Morgan fingerprint density at radius 1 is 1.11 bits per heavy atom. The van der Waals surface area contributed by atoms with E-state index >= 15 is 0 Å². The molecule has 1 fully saturated rings. The number of hydrogen-bond donors (Lipinski definition) is 0. The Kier molecular flexibility index (Phi) is 3.85. The maximum Gasteiger partial charge on any atom is 0.00842 e. The van der Waals surface area contributed by atoms with Crippen molar-refractivity contribution in [3.05, 3.63) is 0 Å². The van der Waals surface area contributed by atoms with Crippen molar-refractivity contribution in [3.63, 3.8) is 0 Å². The fourth-order valence-corrected chi connectivity index (χ4v) is 15.4. The third-order valence-electron chi connectivity index (χ3n) is 2.42. The van der Waals surface area contributed by atoms with Gasteiger partial charge in [-0.3, -0.25) is 0 Å². The van der Waals surface area contributed by atoms with Crippen molar-refractivity contribution in [1.29, 1.82) is 0 Å². The fraction of sp³-hybridized carbons (Fsp3) is 1.00. The Hall–Kier alpha value is 0.651. The molecule has 0 radical (unpaired) electrons. The van der Waals surface area contributed by atoms with E-state index in [0.717, 1.165) is 0 Å². The maximum atomic E-state index is 1.64. The summed E-state index contributed by atoms with van der Waals surface area (Å²) in [7, 11) is 2.85. The summed E-state index contributed by atoms with van der Waals surface area (Å²) in [5.74, 6) is 0. The van der Waals surface area contributed by atoms with Gasteiger partial charge in [0.05, 0.1) is 0 Å². The normalized spacial score (nSPS) is 25.3. The largest absolute Gasteiger partial charge is 0.0542 e. The van der Waals surface area contributed by atoms with Gasteiger partial charge in [0.2, 0.25) is 0 Å². The quantitative estimate of drug-likeness (QED) is 0.485. The minimum Gasteiger partial charge on any atom is -0.0542 e. The third-order valence-corrected chi connectivity index (χ3v) is 14.0. The monoisotopic (exact) mass is 174 g/mol. The SMILES string of the molecule is [SiH3][SiH2][SiH2]C1CCCCC1. The first kappa shape index (κ1) is 7.75. The van der Waals surface area contributed by atoms with Crippen LogP contribution in [-0.2, 0) is 0 Å². The molecule has 0 unspecified atom stereocenters. The van der Waals surface area contributed by atoms with Gasteiger partial charge in [-0.05, 0) is 18.3 Å². The highest BCUT2D eigenvalue weighted by Gasteiger charge is 2.11. The summed E-state index contributed by atoms with van der Waals surface area (Å²) in [6.07, 6.45) is 7.98.